The van der Waals surface area contributed by atoms with Crippen LogP contribution in [0.5, 0.6) is 5.75 Å². The first-order valence-corrected chi connectivity index (χ1v) is 9.89. The third kappa shape index (κ3) is 1.82. The summed E-state index contributed by atoms with van der Waals surface area (Å²) in [5.74, 6) is 0.892. The molecular weight excluding hydrogens is 354 g/mol. The molecule has 28 heavy (non-hydrogen) atoms. The molecule has 1 atom stereocenters. The van der Waals surface area contributed by atoms with Crippen LogP contribution in [-0.4, -0.2) is 36.4 Å². The van der Waals surface area contributed by atoms with Gasteiger partial charge in [-0.05, 0) is 55.5 Å². The molecule has 2 aromatic rings. The molecule has 1 aromatic carbocycles. The van der Waals surface area contributed by atoms with Crippen molar-refractivity contribution in [3.05, 3.63) is 47.8 Å². The van der Waals surface area contributed by atoms with Crippen LogP contribution in [0, 0.1) is 12.3 Å². The minimum absolute atomic E-state index is 0.226. The van der Waals surface area contributed by atoms with E-state index in [0.29, 0.717) is 19.8 Å². The first kappa shape index (κ1) is 16.4. The van der Waals surface area contributed by atoms with Crippen LogP contribution in [0.1, 0.15) is 30.4 Å². The zero-order chi connectivity index (χ0) is 19.0. The van der Waals surface area contributed by atoms with E-state index < -0.39 is 5.54 Å². The summed E-state index contributed by atoms with van der Waals surface area (Å²) < 4.78 is 18.2. The second kappa shape index (κ2) is 5.26. The predicted molar refractivity (Wildman–Crippen MR) is 104 cm³/mol. The molecule has 6 rings (SSSR count). The number of aromatic nitrogens is 1. The number of nitrogens with zero attached hydrogens (tertiary/aromatic N) is 2. The first-order chi connectivity index (χ1) is 13.6. The number of aryl methyl sites for hydroxylation is 1. The number of nitrogens with two attached hydrogens (primary N) is 1. The van der Waals surface area contributed by atoms with Crippen LogP contribution in [-0.2, 0) is 15.0 Å². The number of rotatable bonds is 1. The van der Waals surface area contributed by atoms with Crippen molar-refractivity contribution in [3.8, 4) is 16.9 Å². The van der Waals surface area contributed by atoms with Gasteiger partial charge >= 0.3 is 0 Å². The molecule has 6 heteroatoms. The Labute approximate surface area is 163 Å². The molecule has 0 bridgehead atoms. The van der Waals surface area contributed by atoms with Crippen LogP contribution in [0.3, 0.4) is 0 Å². The Morgan fingerprint density at radius 1 is 1.04 bits per heavy atom. The van der Waals surface area contributed by atoms with Gasteiger partial charge in [-0.2, -0.15) is 0 Å². The maximum absolute atomic E-state index is 6.69. The van der Waals surface area contributed by atoms with E-state index >= 15 is 0 Å². The van der Waals surface area contributed by atoms with Crippen LogP contribution in [0.25, 0.3) is 11.1 Å². The zero-order valence-corrected chi connectivity index (χ0v) is 15.9. The van der Waals surface area contributed by atoms with Gasteiger partial charge in [-0.15, -0.1) is 0 Å². The highest BCUT2D eigenvalue weighted by molar-refractivity contribution is 5.76. The van der Waals surface area contributed by atoms with E-state index in [0.717, 1.165) is 40.8 Å². The van der Waals surface area contributed by atoms with E-state index in [4.69, 9.17) is 24.9 Å². The molecule has 2 N–H and O–H groups in total. The van der Waals surface area contributed by atoms with Crippen LogP contribution < -0.4 is 10.5 Å². The van der Waals surface area contributed by atoms with Crippen molar-refractivity contribution in [3.63, 3.8) is 0 Å². The van der Waals surface area contributed by atoms with Gasteiger partial charge in [-0.3, -0.25) is 4.98 Å². The van der Waals surface area contributed by atoms with Crippen molar-refractivity contribution < 1.29 is 14.2 Å². The van der Waals surface area contributed by atoms with Gasteiger partial charge in [0.2, 0.25) is 0 Å². The number of fused-ring (bicyclic) bond motifs is 4. The molecule has 4 aliphatic rings. The molecule has 2 fully saturated rings. The SMILES string of the molecule is Cc1cncc(-c2ccc3c(c2)C2(COC(N)=N2)C2(COC2)C2(CCC2)O3)c1. The smallest absolute Gasteiger partial charge is 0.283 e. The molecule has 6 nitrogen and oxygen atoms in total. The molecule has 0 radical (unpaired) electrons. The summed E-state index contributed by atoms with van der Waals surface area (Å²) in [6.45, 7) is 3.75. The molecule has 4 heterocycles. The molecule has 1 saturated heterocycles. The molecule has 144 valence electrons. The van der Waals surface area contributed by atoms with E-state index in [-0.39, 0.29) is 17.0 Å². The molecule has 1 saturated carbocycles. The third-order valence-corrected chi connectivity index (χ3v) is 7.19. The van der Waals surface area contributed by atoms with Crippen molar-refractivity contribution in [2.24, 2.45) is 16.1 Å². The fourth-order valence-corrected chi connectivity index (χ4v) is 5.48. The van der Waals surface area contributed by atoms with Crippen molar-refractivity contribution in [2.75, 3.05) is 19.8 Å². The first-order valence-electron chi connectivity index (χ1n) is 9.89. The monoisotopic (exact) mass is 377 g/mol. The minimum Gasteiger partial charge on any atom is -0.486 e. The standard InChI is InChI=1S/C22H23N3O3/c1-14-7-16(10-24-9-14)15-3-4-18-17(8-15)22(13-27-19(23)25-22)20(11-26-12-20)21(28-18)5-2-6-21/h3-4,7-10H,2,5-6,11-13H2,1H3,(H2,23,25). The van der Waals surface area contributed by atoms with Crippen LogP contribution in [0.15, 0.2) is 41.7 Å². The van der Waals surface area contributed by atoms with E-state index in [1.54, 1.807) is 0 Å². The highest BCUT2D eigenvalue weighted by Crippen LogP contribution is 2.67. The van der Waals surface area contributed by atoms with Crippen LogP contribution >= 0.6 is 0 Å². The van der Waals surface area contributed by atoms with Crippen LogP contribution in [0.2, 0.25) is 0 Å². The fraction of sp³-hybridized carbons (Fsp3) is 0.455. The van der Waals surface area contributed by atoms with Crippen molar-refractivity contribution in [1.29, 1.82) is 0 Å². The summed E-state index contributed by atoms with van der Waals surface area (Å²) >= 11 is 0. The van der Waals surface area contributed by atoms with Gasteiger partial charge in [-0.25, -0.2) is 4.99 Å². The normalized spacial score (nSPS) is 28.1. The van der Waals surface area contributed by atoms with E-state index in [9.17, 15) is 0 Å². The maximum Gasteiger partial charge on any atom is 0.283 e. The lowest BCUT2D eigenvalue weighted by Gasteiger charge is -2.66. The highest BCUT2D eigenvalue weighted by atomic mass is 16.5. The van der Waals surface area contributed by atoms with Gasteiger partial charge in [0, 0.05) is 23.5 Å². The topological polar surface area (TPSA) is 79.0 Å². The molecule has 1 aliphatic carbocycles. The van der Waals surface area contributed by atoms with E-state index in [2.05, 4.69) is 36.2 Å². The van der Waals surface area contributed by atoms with E-state index in [1.807, 2.05) is 12.4 Å². The Hall–Kier alpha value is -2.60. The largest absolute Gasteiger partial charge is 0.486 e. The van der Waals surface area contributed by atoms with Gasteiger partial charge in [0.15, 0.2) is 0 Å². The third-order valence-electron chi connectivity index (χ3n) is 7.19. The van der Waals surface area contributed by atoms with Crippen molar-refractivity contribution >= 4 is 6.02 Å². The number of aliphatic imine (C=N–C) groups is 1. The average Bonchev–Trinajstić information content (AvgIpc) is 3.01. The molecule has 0 amide bonds. The van der Waals surface area contributed by atoms with Gasteiger partial charge in [0.1, 0.15) is 23.5 Å². The summed E-state index contributed by atoms with van der Waals surface area (Å²) in [5, 5.41) is 0. The number of pyridine rings is 1. The Balaban J connectivity index is 1.58. The number of benzene rings is 1. The van der Waals surface area contributed by atoms with Crippen molar-refractivity contribution in [1.82, 2.24) is 4.98 Å². The molecule has 1 unspecified atom stereocenters. The van der Waals surface area contributed by atoms with Gasteiger partial charge in [0.05, 0.1) is 18.6 Å². The van der Waals surface area contributed by atoms with Gasteiger partial charge in [0.25, 0.3) is 6.02 Å². The molecule has 3 spiro atoms. The Morgan fingerprint density at radius 2 is 1.89 bits per heavy atom. The van der Waals surface area contributed by atoms with Crippen LogP contribution in [0.4, 0.5) is 0 Å². The fourth-order valence-electron chi connectivity index (χ4n) is 5.48. The molecule has 3 aliphatic heterocycles. The summed E-state index contributed by atoms with van der Waals surface area (Å²) in [5.41, 5.74) is 9.39. The van der Waals surface area contributed by atoms with Gasteiger partial charge in [-0.1, -0.05) is 6.07 Å². The Kier molecular flexibility index (Phi) is 3.07. The number of ether oxygens (including phenoxy) is 3. The zero-order valence-electron chi connectivity index (χ0n) is 15.9. The molecular formula is C22H23N3O3. The number of amidine groups is 1. The Bertz CT molecular complexity index is 1010. The van der Waals surface area contributed by atoms with Gasteiger partial charge < -0.3 is 19.9 Å². The summed E-state index contributed by atoms with van der Waals surface area (Å²) in [7, 11) is 0. The lowest BCUT2D eigenvalue weighted by atomic mass is 9.49. The quantitative estimate of drug-likeness (QED) is 0.827. The minimum atomic E-state index is -0.559. The predicted octanol–water partition coefficient (Wildman–Crippen LogP) is 2.93. The van der Waals surface area contributed by atoms with E-state index in [1.165, 1.54) is 6.42 Å². The Morgan fingerprint density at radius 3 is 2.50 bits per heavy atom. The highest BCUT2D eigenvalue weighted by Gasteiger charge is 2.75. The summed E-state index contributed by atoms with van der Waals surface area (Å²) in [4.78, 5) is 9.27. The lowest BCUT2D eigenvalue weighted by Crippen LogP contribution is -2.75. The second-order valence-electron chi connectivity index (χ2n) is 8.59. The summed E-state index contributed by atoms with van der Waals surface area (Å²) in [6.07, 6.45) is 6.97. The average molecular weight is 377 g/mol. The second-order valence-corrected chi connectivity index (χ2v) is 8.59. The summed E-state index contributed by atoms with van der Waals surface area (Å²) in [6, 6.07) is 8.77. The number of hydrogen-bond acceptors (Lipinski definition) is 6. The van der Waals surface area contributed by atoms with Crippen molar-refractivity contribution in [2.45, 2.75) is 37.3 Å². The molecule has 1 aromatic heterocycles. The number of hydrogen-bond donors (Lipinski definition) is 1. The lowest BCUT2D eigenvalue weighted by molar-refractivity contribution is -0.281. The maximum atomic E-state index is 6.69.